The Hall–Kier alpha value is -6.22. The third-order valence-corrected chi connectivity index (χ3v) is 10.8. The minimum absolute atomic E-state index is 0.0364. The number of amides is 6. The first kappa shape index (κ1) is 42.4. The number of thiocarbonyl (C=S) groups is 1. The second-order valence-electron chi connectivity index (χ2n) is 14.8. The van der Waals surface area contributed by atoms with Crippen LogP contribution < -0.4 is 25.8 Å². The van der Waals surface area contributed by atoms with Crippen molar-refractivity contribution in [2.24, 2.45) is 0 Å². The van der Waals surface area contributed by atoms with Crippen LogP contribution in [0, 0.1) is 17.1 Å². The SMILES string of the molecule is CC1(C)C(=O)N(c2ccc(C#N)c(C(F)(F)F)c2)C(=S)N1c1ccc(C(=O)NCCCCCCCCNc2cccc3c2C(=O)N(C2CCC(=O)NC2=O)C3=O)c(F)c1. The summed E-state index contributed by atoms with van der Waals surface area (Å²) in [7, 11) is 0. The Morgan fingerprint density at radius 2 is 1.61 bits per heavy atom. The lowest BCUT2D eigenvalue weighted by molar-refractivity contribution is -0.138. The number of carbonyl (C=O) groups excluding carboxylic acids is 6. The first-order chi connectivity index (χ1) is 28.0. The number of hydrogen-bond donors (Lipinski definition) is 3. The molecule has 13 nitrogen and oxygen atoms in total. The molecule has 3 aliphatic rings. The van der Waals surface area contributed by atoms with Crippen LogP contribution in [0.2, 0.25) is 0 Å². The standard InChI is InChI=1S/C41H39F4N7O6S/c1-40(2)38(58)50(24-13-12-23(22-46)28(20-24)41(43,44)45)39(59)52(40)25-14-15-26(29(42)21-25)34(54)48-19-8-6-4-3-5-7-18-47-30-11-9-10-27-33(30)37(57)51(36(27)56)31-16-17-32(53)49-35(31)55/h9-15,20-21,31,47H,3-8,16-19H2,1-2H3,(H,48,54)(H,49,53,55). The van der Waals surface area contributed by atoms with Crippen molar-refractivity contribution in [2.45, 2.75) is 83.0 Å². The molecule has 3 aromatic carbocycles. The van der Waals surface area contributed by atoms with E-state index in [9.17, 15) is 41.9 Å². The number of carbonyl (C=O) groups is 6. The van der Waals surface area contributed by atoms with Gasteiger partial charge >= 0.3 is 6.18 Å². The van der Waals surface area contributed by atoms with Crippen LogP contribution in [-0.4, -0.2) is 70.1 Å². The number of fused-ring (bicyclic) bond motifs is 1. The molecule has 59 heavy (non-hydrogen) atoms. The maximum Gasteiger partial charge on any atom is 0.417 e. The summed E-state index contributed by atoms with van der Waals surface area (Å²) >= 11 is 5.51. The van der Waals surface area contributed by atoms with E-state index >= 15 is 4.39 Å². The second kappa shape index (κ2) is 16.9. The lowest BCUT2D eigenvalue weighted by Crippen LogP contribution is -2.54. The average molecular weight is 834 g/mol. The maximum absolute atomic E-state index is 15.4. The molecule has 3 aliphatic heterocycles. The number of anilines is 3. The summed E-state index contributed by atoms with van der Waals surface area (Å²) in [5, 5.41) is 17.1. The number of benzene rings is 3. The van der Waals surface area contributed by atoms with E-state index in [1.165, 1.54) is 49.1 Å². The summed E-state index contributed by atoms with van der Waals surface area (Å²) in [5.41, 5.74) is -2.73. The number of nitrogens with one attached hydrogen (secondary N) is 3. The van der Waals surface area contributed by atoms with Gasteiger partial charge in [0.25, 0.3) is 23.6 Å². The molecule has 2 fully saturated rings. The summed E-state index contributed by atoms with van der Waals surface area (Å²) in [6.45, 7) is 3.79. The molecular formula is C41H39F4N7O6S. The van der Waals surface area contributed by atoms with Gasteiger partial charge in [-0.3, -0.25) is 43.9 Å². The normalized spacial score (nSPS) is 17.6. The maximum atomic E-state index is 15.4. The number of rotatable bonds is 14. The zero-order valence-electron chi connectivity index (χ0n) is 32.0. The van der Waals surface area contributed by atoms with E-state index < -0.39 is 70.1 Å². The Bertz CT molecular complexity index is 2310. The molecule has 0 saturated carbocycles. The summed E-state index contributed by atoms with van der Waals surface area (Å²) in [5.74, 6) is -4.47. The Labute approximate surface area is 341 Å². The van der Waals surface area contributed by atoms with Gasteiger partial charge in [-0.25, -0.2) is 4.39 Å². The summed E-state index contributed by atoms with van der Waals surface area (Å²) in [4.78, 5) is 79.7. The Balaban J connectivity index is 0.938. The highest BCUT2D eigenvalue weighted by Gasteiger charge is 2.51. The first-order valence-electron chi connectivity index (χ1n) is 18.9. The number of alkyl halides is 3. The highest BCUT2D eigenvalue weighted by molar-refractivity contribution is 7.81. The van der Waals surface area contributed by atoms with E-state index in [1.807, 2.05) is 0 Å². The summed E-state index contributed by atoms with van der Waals surface area (Å²) < 4.78 is 56.4. The number of nitrogens with zero attached hydrogens (tertiary/aromatic N) is 4. The van der Waals surface area contributed by atoms with E-state index in [1.54, 1.807) is 12.1 Å². The van der Waals surface area contributed by atoms with Crippen molar-refractivity contribution in [1.82, 2.24) is 15.5 Å². The molecule has 0 spiro atoms. The number of hydrogen-bond acceptors (Lipinski definition) is 9. The third-order valence-electron chi connectivity index (χ3n) is 10.5. The van der Waals surface area contributed by atoms with Gasteiger partial charge in [0.1, 0.15) is 17.4 Å². The largest absolute Gasteiger partial charge is 0.417 e. The molecule has 0 bridgehead atoms. The lowest BCUT2D eigenvalue weighted by atomic mass is 10.0. The van der Waals surface area contributed by atoms with Gasteiger partial charge in [-0.1, -0.05) is 31.7 Å². The molecule has 18 heteroatoms. The van der Waals surface area contributed by atoms with E-state index in [-0.39, 0.29) is 46.0 Å². The van der Waals surface area contributed by atoms with Crippen molar-refractivity contribution in [1.29, 1.82) is 5.26 Å². The fraction of sp³-hybridized carbons (Fsp3) is 0.366. The molecule has 3 aromatic rings. The van der Waals surface area contributed by atoms with E-state index in [2.05, 4.69) is 16.0 Å². The fourth-order valence-corrected chi connectivity index (χ4v) is 7.95. The topological polar surface area (TPSA) is 172 Å². The minimum atomic E-state index is -4.87. The number of unbranched alkanes of at least 4 members (excludes halogenated alkanes) is 5. The average Bonchev–Trinajstić information content (AvgIpc) is 3.54. The van der Waals surface area contributed by atoms with Crippen molar-refractivity contribution in [3.8, 4) is 6.07 Å². The van der Waals surface area contributed by atoms with Gasteiger partial charge in [0.05, 0.1) is 39.6 Å². The van der Waals surface area contributed by atoms with Gasteiger partial charge in [-0.05, 0) is 93.9 Å². The predicted octanol–water partition coefficient (Wildman–Crippen LogP) is 6.22. The molecule has 308 valence electrons. The van der Waals surface area contributed by atoms with Crippen LogP contribution in [0.1, 0.15) is 107 Å². The molecule has 1 unspecified atom stereocenters. The Morgan fingerprint density at radius 3 is 2.27 bits per heavy atom. The van der Waals surface area contributed by atoms with Gasteiger partial charge in [0.15, 0.2) is 5.11 Å². The third kappa shape index (κ3) is 8.37. The molecule has 2 saturated heterocycles. The molecule has 6 rings (SSSR count). The van der Waals surface area contributed by atoms with Crippen LogP contribution in [0.25, 0.3) is 0 Å². The van der Waals surface area contributed by atoms with Crippen molar-refractivity contribution < 1.29 is 46.3 Å². The molecule has 0 aliphatic carbocycles. The van der Waals surface area contributed by atoms with Crippen molar-refractivity contribution in [3.05, 3.63) is 88.2 Å². The van der Waals surface area contributed by atoms with Crippen LogP contribution in [0.5, 0.6) is 0 Å². The summed E-state index contributed by atoms with van der Waals surface area (Å²) in [6, 6.07) is 11.8. The highest BCUT2D eigenvalue weighted by Crippen LogP contribution is 2.40. The number of halogens is 4. The number of imide groups is 2. The smallest absolute Gasteiger partial charge is 0.384 e. The van der Waals surface area contributed by atoms with Crippen LogP contribution in [-0.2, 0) is 20.6 Å². The molecule has 0 aromatic heterocycles. The zero-order valence-corrected chi connectivity index (χ0v) is 32.8. The molecule has 3 N–H and O–H groups in total. The Morgan fingerprint density at radius 1 is 0.932 bits per heavy atom. The van der Waals surface area contributed by atoms with E-state index in [4.69, 9.17) is 17.5 Å². The monoisotopic (exact) mass is 833 g/mol. The van der Waals surface area contributed by atoms with Crippen molar-refractivity contribution >= 4 is 69.8 Å². The molecule has 3 heterocycles. The van der Waals surface area contributed by atoms with Gasteiger partial charge < -0.3 is 15.5 Å². The van der Waals surface area contributed by atoms with Gasteiger partial charge in [0.2, 0.25) is 11.8 Å². The highest BCUT2D eigenvalue weighted by atomic mass is 32.1. The van der Waals surface area contributed by atoms with Crippen molar-refractivity contribution in [2.75, 3.05) is 28.2 Å². The van der Waals surface area contributed by atoms with Crippen molar-refractivity contribution in [3.63, 3.8) is 0 Å². The van der Waals surface area contributed by atoms with Gasteiger partial charge in [-0.2, -0.15) is 18.4 Å². The molecular weight excluding hydrogens is 795 g/mol. The fourth-order valence-electron chi connectivity index (χ4n) is 7.43. The molecule has 6 amide bonds. The number of nitriles is 1. The first-order valence-corrected chi connectivity index (χ1v) is 19.3. The second-order valence-corrected chi connectivity index (χ2v) is 15.2. The van der Waals surface area contributed by atoms with E-state index in [0.717, 1.165) is 54.0 Å². The minimum Gasteiger partial charge on any atom is -0.384 e. The lowest BCUT2D eigenvalue weighted by Gasteiger charge is -2.29. The Kier molecular flexibility index (Phi) is 12.2. The van der Waals surface area contributed by atoms with Gasteiger partial charge in [-0.15, -0.1) is 0 Å². The van der Waals surface area contributed by atoms with Gasteiger partial charge in [0, 0.05) is 30.9 Å². The summed E-state index contributed by atoms with van der Waals surface area (Å²) in [6.07, 6.45) is 0.0769. The molecule has 1 atom stereocenters. The van der Waals surface area contributed by atoms with E-state index in [0.29, 0.717) is 31.3 Å². The molecule has 0 radical (unpaired) electrons. The van der Waals surface area contributed by atoms with Crippen LogP contribution in [0.4, 0.5) is 34.6 Å². The van der Waals surface area contributed by atoms with Crippen LogP contribution in [0.3, 0.4) is 0 Å². The van der Waals surface area contributed by atoms with Crippen LogP contribution in [0.15, 0.2) is 54.6 Å². The predicted molar refractivity (Wildman–Crippen MR) is 211 cm³/mol. The number of piperidine rings is 1. The quantitative estimate of drug-likeness (QED) is 0.0734. The van der Waals surface area contributed by atoms with Crippen LogP contribution >= 0.6 is 12.2 Å². The zero-order chi connectivity index (χ0) is 42.8.